The van der Waals surface area contributed by atoms with Crippen LogP contribution in [0.2, 0.25) is 0 Å². The third kappa shape index (κ3) is 1.92. The third-order valence-electron chi connectivity index (χ3n) is 1.69. The molecule has 2 heteroatoms. The van der Waals surface area contributed by atoms with E-state index in [1.54, 1.807) is 12.1 Å². The van der Waals surface area contributed by atoms with Crippen LogP contribution in [0, 0.1) is 13.8 Å². The number of aryl methyl sites for hydroxylation is 2. The number of aliphatic hydroxyl groups is 1. The second kappa shape index (κ2) is 3.50. The number of carbonyl (C=O) groups is 1. The van der Waals surface area contributed by atoms with Crippen LogP contribution in [0.3, 0.4) is 0 Å². The largest absolute Gasteiger partial charge is 0.388 e. The van der Waals surface area contributed by atoms with Crippen molar-refractivity contribution >= 4 is 5.78 Å². The standard InChI is InChI=1S/C10H12O2/c1-7-3-8(2)5-9(4-7)10(12)6-11/h3-5,11H,6H2,1-2H3. The van der Waals surface area contributed by atoms with Crippen LogP contribution in [0.5, 0.6) is 0 Å². The van der Waals surface area contributed by atoms with Crippen molar-refractivity contribution in [1.82, 2.24) is 0 Å². The van der Waals surface area contributed by atoms with Gasteiger partial charge in [-0.3, -0.25) is 4.79 Å². The highest BCUT2D eigenvalue weighted by atomic mass is 16.3. The van der Waals surface area contributed by atoms with Crippen LogP contribution < -0.4 is 0 Å². The fourth-order valence-electron chi connectivity index (χ4n) is 1.23. The number of rotatable bonds is 2. The quantitative estimate of drug-likeness (QED) is 0.672. The van der Waals surface area contributed by atoms with Gasteiger partial charge in [0.1, 0.15) is 6.61 Å². The number of hydrogen-bond donors (Lipinski definition) is 1. The molecule has 64 valence electrons. The Morgan fingerprint density at radius 1 is 1.25 bits per heavy atom. The molecule has 0 radical (unpaired) electrons. The lowest BCUT2D eigenvalue weighted by atomic mass is 10.0. The topological polar surface area (TPSA) is 37.3 Å². The molecule has 0 atom stereocenters. The van der Waals surface area contributed by atoms with Crippen LogP contribution in [-0.2, 0) is 0 Å². The Labute approximate surface area is 71.8 Å². The van der Waals surface area contributed by atoms with Crippen LogP contribution in [0.25, 0.3) is 0 Å². The lowest BCUT2D eigenvalue weighted by Gasteiger charge is -2.01. The Kier molecular flexibility index (Phi) is 2.61. The van der Waals surface area contributed by atoms with Gasteiger partial charge >= 0.3 is 0 Å². The summed E-state index contributed by atoms with van der Waals surface area (Å²) in [4.78, 5) is 11.1. The Bertz CT molecular complexity index is 282. The van der Waals surface area contributed by atoms with Crippen LogP contribution in [-0.4, -0.2) is 17.5 Å². The van der Waals surface area contributed by atoms with E-state index in [2.05, 4.69) is 0 Å². The fourth-order valence-corrected chi connectivity index (χ4v) is 1.23. The Hall–Kier alpha value is -1.15. The summed E-state index contributed by atoms with van der Waals surface area (Å²) >= 11 is 0. The average molecular weight is 164 g/mol. The van der Waals surface area contributed by atoms with E-state index in [0.717, 1.165) is 11.1 Å². The van der Waals surface area contributed by atoms with Crippen molar-refractivity contribution in [2.24, 2.45) is 0 Å². The van der Waals surface area contributed by atoms with E-state index in [1.165, 1.54) is 0 Å². The molecule has 0 unspecified atom stereocenters. The van der Waals surface area contributed by atoms with E-state index in [0.29, 0.717) is 5.56 Å². The molecule has 0 aliphatic rings. The smallest absolute Gasteiger partial charge is 0.188 e. The van der Waals surface area contributed by atoms with Crippen LogP contribution in [0.4, 0.5) is 0 Å². The molecule has 12 heavy (non-hydrogen) atoms. The second-order valence-corrected chi connectivity index (χ2v) is 2.96. The number of ketones is 1. The van der Waals surface area contributed by atoms with Gasteiger partial charge in [-0.25, -0.2) is 0 Å². The zero-order chi connectivity index (χ0) is 9.14. The summed E-state index contributed by atoms with van der Waals surface area (Å²) in [5, 5.41) is 8.62. The summed E-state index contributed by atoms with van der Waals surface area (Å²) in [6.45, 7) is 3.45. The normalized spacial score (nSPS) is 9.92. The molecule has 0 bridgehead atoms. The first-order chi connectivity index (χ1) is 5.63. The Balaban J connectivity index is 3.08. The number of carbonyl (C=O) groups excluding carboxylic acids is 1. The lowest BCUT2D eigenvalue weighted by molar-refractivity contribution is 0.0903. The lowest BCUT2D eigenvalue weighted by Crippen LogP contribution is -2.04. The number of hydrogen-bond acceptors (Lipinski definition) is 2. The van der Waals surface area contributed by atoms with E-state index in [9.17, 15) is 4.79 Å². The van der Waals surface area contributed by atoms with E-state index >= 15 is 0 Å². The van der Waals surface area contributed by atoms with Gasteiger partial charge in [0.2, 0.25) is 0 Å². The molecule has 1 aromatic carbocycles. The maximum Gasteiger partial charge on any atom is 0.188 e. The molecule has 1 aromatic rings. The van der Waals surface area contributed by atoms with Gasteiger partial charge < -0.3 is 5.11 Å². The summed E-state index contributed by atoms with van der Waals surface area (Å²) in [6.07, 6.45) is 0. The van der Waals surface area contributed by atoms with Gasteiger partial charge in [-0.2, -0.15) is 0 Å². The monoisotopic (exact) mass is 164 g/mol. The predicted octanol–water partition coefficient (Wildman–Crippen LogP) is 1.48. The minimum absolute atomic E-state index is 0.221. The van der Waals surface area contributed by atoms with Crippen LogP contribution in [0.1, 0.15) is 21.5 Å². The fraction of sp³-hybridized carbons (Fsp3) is 0.300. The number of aliphatic hydroxyl groups excluding tert-OH is 1. The minimum atomic E-state index is -0.414. The zero-order valence-electron chi connectivity index (χ0n) is 7.29. The summed E-state index contributed by atoms with van der Waals surface area (Å²) in [5.74, 6) is -0.221. The van der Waals surface area contributed by atoms with Crippen LogP contribution in [0.15, 0.2) is 18.2 Å². The highest BCUT2D eigenvalue weighted by molar-refractivity contribution is 5.97. The Morgan fingerprint density at radius 3 is 2.17 bits per heavy atom. The van der Waals surface area contributed by atoms with Crippen molar-refractivity contribution in [2.45, 2.75) is 13.8 Å². The molecule has 1 rings (SSSR count). The van der Waals surface area contributed by atoms with Gasteiger partial charge in [0.15, 0.2) is 5.78 Å². The van der Waals surface area contributed by atoms with Crippen molar-refractivity contribution in [1.29, 1.82) is 0 Å². The van der Waals surface area contributed by atoms with Crippen molar-refractivity contribution in [3.05, 3.63) is 34.9 Å². The molecule has 0 aliphatic heterocycles. The van der Waals surface area contributed by atoms with E-state index in [4.69, 9.17) is 5.11 Å². The predicted molar refractivity (Wildman–Crippen MR) is 47.3 cm³/mol. The van der Waals surface area contributed by atoms with Gasteiger partial charge in [-0.1, -0.05) is 17.2 Å². The molecule has 0 aliphatic carbocycles. The number of Topliss-reactive ketones (excluding diaryl/α,β-unsaturated/α-hetero) is 1. The summed E-state index contributed by atoms with van der Waals surface area (Å²) in [6, 6.07) is 5.56. The van der Waals surface area contributed by atoms with Gasteiger partial charge in [-0.05, 0) is 26.0 Å². The van der Waals surface area contributed by atoms with Crippen molar-refractivity contribution < 1.29 is 9.90 Å². The van der Waals surface area contributed by atoms with Crippen LogP contribution >= 0.6 is 0 Å². The first kappa shape index (κ1) is 8.94. The van der Waals surface area contributed by atoms with Gasteiger partial charge in [0.05, 0.1) is 0 Å². The maximum absolute atomic E-state index is 11.1. The molecule has 0 saturated carbocycles. The maximum atomic E-state index is 11.1. The number of benzene rings is 1. The molecule has 0 amide bonds. The second-order valence-electron chi connectivity index (χ2n) is 2.96. The summed E-state index contributed by atoms with van der Waals surface area (Å²) in [7, 11) is 0. The van der Waals surface area contributed by atoms with Gasteiger partial charge in [0.25, 0.3) is 0 Å². The van der Waals surface area contributed by atoms with E-state index in [1.807, 2.05) is 19.9 Å². The first-order valence-electron chi connectivity index (χ1n) is 3.86. The molecule has 1 N–H and O–H groups in total. The Morgan fingerprint density at radius 2 is 1.75 bits per heavy atom. The van der Waals surface area contributed by atoms with Crippen molar-refractivity contribution in [2.75, 3.05) is 6.61 Å². The molecule has 2 nitrogen and oxygen atoms in total. The summed E-state index contributed by atoms with van der Waals surface area (Å²) in [5.41, 5.74) is 2.69. The molecule has 0 heterocycles. The SMILES string of the molecule is Cc1cc(C)cc(C(=O)CO)c1. The highest BCUT2D eigenvalue weighted by Crippen LogP contribution is 2.08. The van der Waals surface area contributed by atoms with Gasteiger partial charge in [0, 0.05) is 5.56 Å². The molecular formula is C10H12O2. The zero-order valence-corrected chi connectivity index (χ0v) is 7.29. The molecular weight excluding hydrogens is 152 g/mol. The van der Waals surface area contributed by atoms with Crippen molar-refractivity contribution in [3.63, 3.8) is 0 Å². The third-order valence-corrected chi connectivity index (χ3v) is 1.69. The molecule has 0 spiro atoms. The van der Waals surface area contributed by atoms with Gasteiger partial charge in [-0.15, -0.1) is 0 Å². The first-order valence-corrected chi connectivity index (χ1v) is 3.86. The minimum Gasteiger partial charge on any atom is -0.388 e. The molecule has 0 aromatic heterocycles. The van der Waals surface area contributed by atoms with E-state index < -0.39 is 6.61 Å². The van der Waals surface area contributed by atoms with Crippen molar-refractivity contribution in [3.8, 4) is 0 Å². The highest BCUT2D eigenvalue weighted by Gasteiger charge is 2.03. The average Bonchev–Trinajstić information content (AvgIpc) is 2.01. The van der Waals surface area contributed by atoms with E-state index in [-0.39, 0.29) is 5.78 Å². The summed E-state index contributed by atoms with van der Waals surface area (Å²) < 4.78 is 0. The molecule has 0 fully saturated rings. The molecule has 0 saturated heterocycles.